The fraction of sp³-hybridized carbons (Fsp3) is 0.607. The van der Waals surface area contributed by atoms with E-state index in [2.05, 4.69) is 30.1 Å². The molecule has 0 radical (unpaired) electrons. The lowest BCUT2D eigenvalue weighted by Gasteiger charge is -2.55. The van der Waals surface area contributed by atoms with Crippen LogP contribution in [0.1, 0.15) is 167 Å². The molecule has 9 aliphatic rings. The maximum absolute atomic E-state index is 14.2. The molecule has 5 aromatic rings. The first-order chi connectivity index (χ1) is 37.5. The minimum atomic E-state index is -0.645. The minimum absolute atomic E-state index is 0.00270. The molecule has 13 atom stereocenters. The summed E-state index contributed by atoms with van der Waals surface area (Å²) in [6.07, 6.45) is 32.9. The smallest absolute Gasteiger partial charge is 0.331 e. The summed E-state index contributed by atoms with van der Waals surface area (Å²) in [4.78, 5) is 95.7. The van der Waals surface area contributed by atoms with Crippen LogP contribution in [0.15, 0.2) is 92.2 Å². The normalized spacial score (nSPS) is 33.0. The topological polar surface area (TPSA) is 181 Å². The zero-order valence-corrected chi connectivity index (χ0v) is 44.7. The largest absolute Gasteiger partial charge is 0.334 e. The molecule has 4 saturated heterocycles. The van der Waals surface area contributed by atoms with Crippen LogP contribution in [0.2, 0.25) is 0 Å². The molecule has 5 unspecified atom stereocenters. The van der Waals surface area contributed by atoms with Gasteiger partial charge in [0, 0.05) is 73.2 Å². The molecular weight excluding hydrogens is 969 g/mol. The molecule has 77 heavy (non-hydrogen) atoms. The van der Waals surface area contributed by atoms with Gasteiger partial charge in [0.25, 0.3) is 16.7 Å². The minimum Gasteiger partial charge on any atom is -0.331 e. The highest BCUT2D eigenvalue weighted by Gasteiger charge is 2.48. The van der Waals surface area contributed by atoms with E-state index < -0.39 is 17.3 Å². The van der Waals surface area contributed by atoms with Gasteiger partial charge in [-0.3, -0.25) is 34.0 Å². The number of rotatable bonds is 8. The number of aromatic nitrogens is 6. The van der Waals surface area contributed by atoms with Crippen LogP contribution in [-0.4, -0.2) is 92.6 Å². The third-order valence-electron chi connectivity index (χ3n) is 20.1. The van der Waals surface area contributed by atoms with Crippen molar-refractivity contribution >= 4 is 39.7 Å². The molecule has 16 heteroatoms. The number of ketones is 1. The van der Waals surface area contributed by atoms with E-state index in [4.69, 9.17) is 0 Å². The quantitative estimate of drug-likeness (QED) is 0.152. The number of para-hydroxylation sites is 4. The highest BCUT2D eigenvalue weighted by Crippen LogP contribution is 2.49. The fourth-order valence-corrected chi connectivity index (χ4v) is 17.3. The number of nitrogens with one attached hydrogen (secondary N) is 2. The number of hydrogen-bond donors (Lipinski definition) is 2. The third-order valence-corrected chi connectivity index (χ3v) is 20.1. The molecule has 0 spiro atoms. The number of urea groups is 1. The van der Waals surface area contributed by atoms with E-state index in [1.807, 2.05) is 57.7 Å². The Morgan fingerprint density at radius 1 is 0.532 bits per heavy atom. The lowest BCUT2D eigenvalue weighted by Crippen LogP contribution is -2.58. The molecule has 8 bridgehead atoms. The van der Waals surface area contributed by atoms with Crippen molar-refractivity contribution in [3.8, 4) is 5.82 Å². The number of aromatic amines is 1. The van der Waals surface area contributed by atoms with Crippen LogP contribution in [0, 0.1) is 23.7 Å². The van der Waals surface area contributed by atoms with Crippen LogP contribution in [-0.2, 0) is 4.79 Å². The highest BCUT2D eigenvalue weighted by molar-refractivity contribution is 5.95. The predicted molar refractivity (Wildman–Crippen MR) is 297 cm³/mol. The predicted octanol–water partition coefficient (Wildman–Crippen LogP) is 9.08. The molecule has 16 nitrogen and oxygen atoms in total. The zero-order chi connectivity index (χ0) is 52.5. The van der Waals surface area contributed by atoms with E-state index in [1.165, 1.54) is 144 Å². The number of nitrogens with zero attached hydrogens (tertiary/aromatic N) is 8. The van der Waals surface area contributed by atoms with Crippen molar-refractivity contribution in [1.29, 1.82) is 0 Å². The summed E-state index contributed by atoms with van der Waals surface area (Å²) in [7, 11) is 0. The zero-order valence-electron chi connectivity index (χ0n) is 44.7. The van der Waals surface area contributed by atoms with Crippen LogP contribution in [0.4, 0.5) is 10.6 Å². The molecule has 14 rings (SSSR count). The van der Waals surface area contributed by atoms with Gasteiger partial charge in [0.1, 0.15) is 5.78 Å². The summed E-state index contributed by atoms with van der Waals surface area (Å²) in [5, 5.41) is 2.85. The van der Waals surface area contributed by atoms with Crippen LogP contribution < -0.4 is 32.6 Å². The number of piperidine rings is 4. The number of fused-ring (bicyclic) bond motifs is 10. The van der Waals surface area contributed by atoms with Crippen LogP contribution in [0.25, 0.3) is 27.9 Å². The molecule has 8 fully saturated rings. The lowest BCUT2D eigenvalue weighted by atomic mass is 9.68. The van der Waals surface area contributed by atoms with E-state index in [9.17, 15) is 28.8 Å². The van der Waals surface area contributed by atoms with Crippen molar-refractivity contribution < 1.29 is 9.59 Å². The maximum atomic E-state index is 14.2. The van der Waals surface area contributed by atoms with Crippen molar-refractivity contribution in [2.24, 2.45) is 23.7 Å². The average Bonchev–Trinajstić information content (AvgIpc) is 3.48. The monoisotopic (exact) mass is 1040 g/mol. The van der Waals surface area contributed by atoms with Crippen LogP contribution >= 0.6 is 0 Å². The molecule has 406 valence electrons. The molecule has 4 saturated carbocycles. The molecule has 8 heterocycles. The molecule has 4 aliphatic carbocycles. The average molecular weight is 1050 g/mol. The number of carbonyl (C=O) groups excluding carboxylic acids is 2. The van der Waals surface area contributed by atoms with Gasteiger partial charge in [-0.25, -0.2) is 29.0 Å². The summed E-state index contributed by atoms with van der Waals surface area (Å²) < 4.78 is 5.04. The Labute approximate surface area is 449 Å². The third kappa shape index (κ3) is 9.77. The highest BCUT2D eigenvalue weighted by atomic mass is 16.2. The van der Waals surface area contributed by atoms with Crippen molar-refractivity contribution in [3.63, 3.8) is 0 Å². The number of hydrogen-bond acceptors (Lipinski definition) is 10. The Balaban J connectivity index is 0.000000147. The Kier molecular flexibility index (Phi) is 13.8. The van der Waals surface area contributed by atoms with Crippen LogP contribution in [0.5, 0.6) is 0 Å². The van der Waals surface area contributed by atoms with E-state index in [0.29, 0.717) is 41.8 Å². The Hall–Kier alpha value is -6.00. The van der Waals surface area contributed by atoms with Gasteiger partial charge < -0.3 is 14.5 Å². The molecule has 2 aromatic carbocycles. The second-order valence-electron chi connectivity index (χ2n) is 25.0. The van der Waals surface area contributed by atoms with E-state index in [0.717, 1.165) is 65.9 Å². The van der Waals surface area contributed by atoms with Gasteiger partial charge in [0.15, 0.2) is 0 Å². The number of benzene rings is 2. The van der Waals surface area contributed by atoms with Gasteiger partial charge in [-0.2, -0.15) is 0 Å². The molecular formula is C61H76N10O6. The number of anilines is 1. The first-order valence-corrected chi connectivity index (χ1v) is 29.7. The Bertz CT molecular complexity index is 3290. The van der Waals surface area contributed by atoms with Gasteiger partial charge in [-0.1, -0.05) is 75.6 Å². The molecule has 3 aromatic heterocycles. The van der Waals surface area contributed by atoms with Crippen molar-refractivity contribution in [2.45, 2.75) is 209 Å². The summed E-state index contributed by atoms with van der Waals surface area (Å²) in [6.45, 7) is 1.51. The van der Waals surface area contributed by atoms with Crippen LogP contribution in [0.3, 0.4) is 0 Å². The summed E-state index contributed by atoms with van der Waals surface area (Å²) in [6, 6.07) is 19.5. The first-order valence-electron chi connectivity index (χ1n) is 29.7. The molecule has 2 amide bonds. The van der Waals surface area contributed by atoms with E-state index in [1.54, 1.807) is 12.3 Å². The van der Waals surface area contributed by atoms with Gasteiger partial charge in [0.05, 0.1) is 28.1 Å². The van der Waals surface area contributed by atoms with Gasteiger partial charge in [0.2, 0.25) is 11.6 Å². The first kappa shape index (κ1) is 50.5. The summed E-state index contributed by atoms with van der Waals surface area (Å²) >= 11 is 0. The van der Waals surface area contributed by atoms with Gasteiger partial charge >= 0.3 is 11.7 Å². The molecule has 5 aliphatic heterocycles. The Morgan fingerprint density at radius 2 is 0.987 bits per heavy atom. The number of Topliss-reactive ketones (excluding diaryl/α,β-unsaturated/α-hetero) is 1. The number of amides is 2. The SMILES string of the molecule is CC(=O)CC1C=CN(c2nc3ccccc3n(C3C[C@H]4CCC[C@@H](C3)N4C3C[C@H]4CCC[C@@H](C3)C4)c2=O)C(=O)N1.O=c1ccn(-c2nc3ccccc3n(C3C[C@H]4CCC[C@@H](C3)N4C3C[C@H]4CCC[C@@H](C3)C4)c2=O)c(=O)[nH]1. The fourth-order valence-electron chi connectivity index (χ4n) is 17.3. The second kappa shape index (κ2) is 21.0. The standard InChI is InChI=1S/C32H41N5O3.C29H35N5O3/c1-20(38)14-23-12-13-35(32(40)33-23)30-31(39)37(29-11-3-2-10-28(29)34-30)27-18-24-8-5-9-25(19-27)36(24)26-16-21-6-4-7-22(15-21)17-26;35-26-11-12-32(29(37)31-26)27-28(36)34(25-10-2-1-9-24(25)30-27)23-16-20-7-4-8-21(17-23)33(20)22-14-18-5-3-6-19(13-18)15-22/h2-3,10-13,21-27H,4-9,14-19H2,1H3,(H,33,40);1-2,9-12,18-23H,3-8,13-17H2,(H,31,35,37)/t21-,22+,23?,24-,25+,26?,27?;18-,19+,20-,21+,22?,23?. The van der Waals surface area contributed by atoms with Crippen molar-refractivity contribution in [1.82, 2.24) is 43.8 Å². The van der Waals surface area contributed by atoms with Gasteiger partial charge in [-0.15, -0.1) is 0 Å². The van der Waals surface area contributed by atoms with Crippen molar-refractivity contribution in [2.75, 3.05) is 4.90 Å². The van der Waals surface area contributed by atoms with E-state index >= 15 is 0 Å². The Morgan fingerprint density at radius 3 is 1.45 bits per heavy atom. The van der Waals surface area contributed by atoms with Gasteiger partial charge in [-0.05, 0) is 151 Å². The summed E-state index contributed by atoms with van der Waals surface area (Å²) in [5.41, 5.74) is 1.44. The van der Waals surface area contributed by atoms with E-state index in [-0.39, 0.29) is 53.1 Å². The molecule has 2 N–H and O–H groups in total. The lowest BCUT2D eigenvalue weighted by molar-refractivity contribution is -0.117. The van der Waals surface area contributed by atoms with Crippen molar-refractivity contribution in [3.05, 3.63) is 115 Å². The second-order valence-corrected chi connectivity index (χ2v) is 25.0. The number of carbonyl (C=O) groups is 2. The number of H-pyrrole nitrogens is 1. The summed E-state index contributed by atoms with van der Waals surface area (Å²) in [5.74, 6) is 3.80. The maximum Gasteiger partial charge on any atom is 0.334 e.